The van der Waals surface area contributed by atoms with Crippen LogP contribution >= 0.6 is 0 Å². The van der Waals surface area contributed by atoms with E-state index in [9.17, 15) is 4.79 Å². The standard InChI is InChI=1S/C9H19N3O2/c1-4-6(2)5-11-9(13)7(3)8(10)12-14/h6-7,14H,4-5H2,1-3H3,(H2,10,12)(H,11,13). The Kier molecular flexibility index (Phi) is 5.67. The van der Waals surface area contributed by atoms with Gasteiger partial charge in [-0.1, -0.05) is 25.4 Å². The van der Waals surface area contributed by atoms with E-state index in [1.165, 1.54) is 0 Å². The second-order valence-corrected chi connectivity index (χ2v) is 3.51. The van der Waals surface area contributed by atoms with Crippen molar-refractivity contribution in [2.75, 3.05) is 6.54 Å². The summed E-state index contributed by atoms with van der Waals surface area (Å²) in [4.78, 5) is 11.4. The zero-order valence-electron chi connectivity index (χ0n) is 8.95. The molecule has 0 aromatic heterocycles. The predicted molar refractivity (Wildman–Crippen MR) is 55.0 cm³/mol. The Morgan fingerprint density at radius 1 is 1.57 bits per heavy atom. The van der Waals surface area contributed by atoms with Crippen molar-refractivity contribution in [1.82, 2.24) is 5.32 Å². The van der Waals surface area contributed by atoms with Crippen molar-refractivity contribution in [2.24, 2.45) is 22.7 Å². The molecule has 1 amide bonds. The number of oxime groups is 1. The van der Waals surface area contributed by atoms with Crippen molar-refractivity contribution in [3.8, 4) is 0 Å². The minimum atomic E-state index is -0.580. The summed E-state index contributed by atoms with van der Waals surface area (Å²) >= 11 is 0. The Labute approximate surface area is 84.4 Å². The monoisotopic (exact) mass is 201 g/mol. The molecule has 0 aliphatic rings. The number of rotatable bonds is 5. The first kappa shape index (κ1) is 12.7. The highest BCUT2D eigenvalue weighted by Gasteiger charge is 2.17. The molecule has 0 fully saturated rings. The Morgan fingerprint density at radius 3 is 2.57 bits per heavy atom. The summed E-state index contributed by atoms with van der Waals surface area (Å²) in [6, 6.07) is 0. The Balaban J connectivity index is 3.97. The van der Waals surface area contributed by atoms with Crippen molar-refractivity contribution in [3.05, 3.63) is 0 Å². The first-order chi connectivity index (χ1) is 6.52. The Bertz CT molecular complexity index is 216. The number of hydrogen-bond acceptors (Lipinski definition) is 3. The van der Waals surface area contributed by atoms with E-state index >= 15 is 0 Å². The molecule has 5 nitrogen and oxygen atoms in total. The lowest BCUT2D eigenvalue weighted by Crippen LogP contribution is -2.38. The van der Waals surface area contributed by atoms with Crippen LogP contribution in [0.4, 0.5) is 0 Å². The van der Waals surface area contributed by atoms with Crippen LogP contribution in [0.25, 0.3) is 0 Å². The number of nitrogens with one attached hydrogen (secondary N) is 1. The highest BCUT2D eigenvalue weighted by Crippen LogP contribution is 1.99. The number of nitrogens with zero attached hydrogens (tertiary/aromatic N) is 1. The van der Waals surface area contributed by atoms with Gasteiger partial charge in [0.15, 0.2) is 5.84 Å². The third kappa shape index (κ3) is 4.11. The molecule has 0 saturated heterocycles. The zero-order valence-corrected chi connectivity index (χ0v) is 8.95. The average molecular weight is 201 g/mol. The van der Waals surface area contributed by atoms with E-state index in [2.05, 4.69) is 24.3 Å². The van der Waals surface area contributed by atoms with Gasteiger partial charge in [-0.2, -0.15) is 0 Å². The average Bonchev–Trinajstić information content (AvgIpc) is 2.22. The molecular formula is C9H19N3O2. The maximum atomic E-state index is 11.4. The van der Waals surface area contributed by atoms with Crippen LogP contribution in [0.1, 0.15) is 27.2 Å². The van der Waals surface area contributed by atoms with Crippen molar-refractivity contribution in [1.29, 1.82) is 0 Å². The molecule has 2 unspecified atom stereocenters. The molecule has 14 heavy (non-hydrogen) atoms. The van der Waals surface area contributed by atoms with E-state index in [0.29, 0.717) is 12.5 Å². The lowest BCUT2D eigenvalue weighted by atomic mass is 10.1. The van der Waals surface area contributed by atoms with Crippen molar-refractivity contribution >= 4 is 11.7 Å². The lowest BCUT2D eigenvalue weighted by Gasteiger charge is -2.13. The third-order valence-electron chi connectivity index (χ3n) is 2.27. The third-order valence-corrected chi connectivity index (χ3v) is 2.27. The largest absolute Gasteiger partial charge is 0.409 e. The molecule has 2 atom stereocenters. The number of nitrogens with two attached hydrogens (primary N) is 1. The molecule has 0 aliphatic heterocycles. The molecular weight excluding hydrogens is 182 g/mol. The summed E-state index contributed by atoms with van der Waals surface area (Å²) < 4.78 is 0. The molecule has 5 heteroatoms. The van der Waals surface area contributed by atoms with Gasteiger partial charge in [-0.25, -0.2) is 0 Å². The number of carbonyl (C=O) groups is 1. The molecule has 0 rings (SSSR count). The maximum Gasteiger partial charge on any atom is 0.230 e. The van der Waals surface area contributed by atoms with Gasteiger partial charge in [0.1, 0.15) is 0 Å². The number of hydrogen-bond donors (Lipinski definition) is 3. The van der Waals surface area contributed by atoms with E-state index in [1.807, 2.05) is 0 Å². The van der Waals surface area contributed by atoms with Crippen LogP contribution in [-0.2, 0) is 4.79 Å². The summed E-state index contributed by atoms with van der Waals surface area (Å²) in [5.41, 5.74) is 5.30. The minimum Gasteiger partial charge on any atom is -0.409 e. The quantitative estimate of drug-likeness (QED) is 0.262. The van der Waals surface area contributed by atoms with Gasteiger partial charge in [0.05, 0.1) is 5.92 Å². The fourth-order valence-corrected chi connectivity index (χ4v) is 0.793. The fourth-order valence-electron chi connectivity index (χ4n) is 0.793. The molecule has 0 heterocycles. The predicted octanol–water partition coefficient (Wildman–Crippen LogP) is 0.531. The second-order valence-electron chi connectivity index (χ2n) is 3.51. The van der Waals surface area contributed by atoms with E-state index in [1.54, 1.807) is 6.92 Å². The molecule has 0 aromatic carbocycles. The highest BCUT2D eigenvalue weighted by molar-refractivity contribution is 6.01. The normalized spacial score (nSPS) is 16.1. The summed E-state index contributed by atoms with van der Waals surface area (Å²) in [5.74, 6) is -0.408. The van der Waals surface area contributed by atoms with Crippen LogP contribution in [-0.4, -0.2) is 23.5 Å². The van der Waals surface area contributed by atoms with E-state index in [-0.39, 0.29) is 11.7 Å². The lowest BCUT2D eigenvalue weighted by molar-refractivity contribution is -0.122. The summed E-state index contributed by atoms with van der Waals surface area (Å²) in [6.07, 6.45) is 1.01. The van der Waals surface area contributed by atoms with Gasteiger partial charge in [-0.15, -0.1) is 0 Å². The van der Waals surface area contributed by atoms with Crippen LogP contribution in [0, 0.1) is 11.8 Å². The van der Waals surface area contributed by atoms with Crippen LogP contribution in [0.15, 0.2) is 5.16 Å². The van der Waals surface area contributed by atoms with Crippen LogP contribution in [0.3, 0.4) is 0 Å². The first-order valence-corrected chi connectivity index (χ1v) is 4.78. The number of carbonyl (C=O) groups excluding carboxylic acids is 1. The van der Waals surface area contributed by atoms with Crippen LogP contribution in [0.2, 0.25) is 0 Å². The summed E-state index contributed by atoms with van der Waals surface area (Å²) in [7, 11) is 0. The van der Waals surface area contributed by atoms with Gasteiger partial charge in [0.2, 0.25) is 5.91 Å². The van der Waals surface area contributed by atoms with Gasteiger partial charge < -0.3 is 16.3 Å². The summed E-state index contributed by atoms with van der Waals surface area (Å²) in [5, 5.41) is 13.9. The SMILES string of the molecule is CCC(C)CNC(=O)C(C)C(N)=NO. The van der Waals surface area contributed by atoms with Crippen molar-refractivity contribution in [3.63, 3.8) is 0 Å². The van der Waals surface area contributed by atoms with Gasteiger partial charge >= 0.3 is 0 Å². The zero-order chi connectivity index (χ0) is 11.1. The molecule has 0 saturated carbocycles. The second kappa shape index (κ2) is 6.23. The minimum absolute atomic E-state index is 0.0633. The summed E-state index contributed by atoms with van der Waals surface area (Å²) in [6.45, 7) is 6.33. The smallest absolute Gasteiger partial charge is 0.230 e. The topological polar surface area (TPSA) is 87.7 Å². The first-order valence-electron chi connectivity index (χ1n) is 4.78. The Hall–Kier alpha value is -1.26. The molecule has 0 radical (unpaired) electrons. The maximum absolute atomic E-state index is 11.4. The molecule has 0 spiro atoms. The molecule has 0 aliphatic carbocycles. The number of amidine groups is 1. The van der Waals surface area contributed by atoms with Crippen LogP contribution in [0.5, 0.6) is 0 Å². The van der Waals surface area contributed by atoms with Gasteiger partial charge in [-0.05, 0) is 12.8 Å². The van der Waals surface area contributed by atoms with E-state index < -0.39 is 5.92 Å². The highest BCUT2D eigenvalue weighted by atomic mass is 16.4. The van der Waals surface area contributed by atoms with Gasteiger partial charge in [0, 0.05) is 6.54 Å². The van der Waals surface area contributed by atoms with Crippen molar-refractivity contribution in [2.45, 2.75) is 27.2 Å². The molecule has 0 bridgehead atoms. The molecule has 82 valence electrons. The molecule has 4 N–H and O–H groups in total. The van der Waals surface area contributed by atoms with Gasteiger partial charge in [-0.3, -0.25) is 4.79 Å². The molecule has 0 aromatic rings. The van der Waals surface area contributed by atoms with E-state index in [4.69, 9.17) is 10.9 Å². The Morgan fingerprint density at radius 2 is 2.14 bits per heavy atom. The van der Waals surface area contributed by atoms with E-state index in [0.717, 1.165) is 6.42 Å². The fraction of sp³-hybridized carbons (Fsp3) is 0.778. The number of amides is 1. The van der Waals surface area contributed by atoms with Crippen molar-refractivity contribution < 1.29 is 10.0 Å². The van der Waals surface area contributed by atoms with Crippen LogP contribution < -0.4 is 11.1 Å². The van der Waals surface area contributed by atoms with Gasteiger partial charge in [0.25, 0.3) is 0 Å².